The summed E-state index contributed by atoms with van der Waals surface area (Å²) in [4.78, 5) is 0. The van der Waals surface area contributed by atoms with Crippen LogP contribution >= 0.6 is 0 Å². The van der Waals surface area contributed by atoms with Gasteiger partial charge in [0.1, 0.15) is 0 Å². The van der Waals surface area contributed by atoms with Crippen molar-refractivity contribution >= 4 is 0 Å². The van der Waals surface area contributed by atoms with Gasteiger partial charge in [0, 0.05) is 13.2 Å². The highest BCUT2D eigenvalue weighted by molar-refractivity contribution is 4.74. The zero-order valence-electron chi connectivity index (χ0n) is 8.39. The van der Waals surface area contributed by atoms with Crippen LogP contribution < -0.4 is 5.32 Å². The first kappa shape index (κ1) is 11.9. The molecule has 12 heavy (non-hydrogen) atoms. The van der Waals surface area contributed by atoms with Crippen molar-refractivity contribution < 1.29 is 9.84 Å². The highest BCUT2D eigenvalue weighted by Gasteiger charge is 2.19. The largest absolute Gasteiger partial charge is 0.386 e. The second-order valence-corrected chi connectivity index (χ2v) is 3.33. The minimum Gasteiger partial charge on any atom is -0.386 e. The van der Waals surface area contributed by atoms with Crippen LogP contribution in [0.3, 0.4) is 0 Å². The van der Waals surface area contributed by atoms with E-state index in [9.17, 15) is 5.11 Å². The van der Waals surface area contributed by atoms with Gasteiger partial charge in [-0.1, -0.05) is 13.8 Å². The molecule has 0 fully saturated rings. The Morgan fingerprint density at radius 3 is 2.58 bits per heavy atom. The van der Waals surface area contributed by atoms with Crippen molar-refractivity contribution in [2.24, 2.45) is 0 Å². The summed E-state index contributed by atoms with van der Waals surface area (Å²) >= 11 is 0. The van der Waals surface area contributed by atoms with Crippen molar-refractivity contribution in [2.75, 3.05) is 26.3 Å². The number of hydrogen-bond acceptors (Lipinski definition) is 3. The molecule has 0 rings (SSSR count). The molecule has 0 saturated carbocycles. The van der Waals surface area contributed by atoms with Crippen molar-refractivity contribution in [3.8, 4) is 0 Å². The predicted octanol–water partition coefficient (Wildman–Crippen LogP) is 0.773. The fourth-order valence-electron chi connectivity index (χ4n) is 0.882. The molecule has 0 radical (unpaired) electrons. The Morgan fingerprint density at radius 1 is 1.42 bits per heavy atom. The van der Waals surface area contributed by atoms with Gasteiger partial charge in [-0.05, 0) is 19.9 Å². The van der Waals surface area contributed by atoms with Crippen LogP contribution in [0, 0.1) is 0 Å². The quantitative estimate of drug-likeness (QED) is 0.562. The molecule has 1 unspecified atom stereocenters. The van der Waals surface area contributed by atoms with E-state index in [1.165, 1.54) is 0 Å². The van der Waals surface area contributed by atoms with Gasteiger partial charge in [0.25, 0.3) is 0 Å². The Hall–Kier alpha value is -0.120. The first-order chi connectivity index (χ1) is 5.62. The third kappa shape index (κ3) is 6.58. The summed E-state index contributed by atoms with van der Waals surface area (Å²) in [5.41, 5.74) is -0.731. The molecule has 0 aliphatic rings. The Labute approximate surface area is 75.1 Å². The van der Waals surface area contributed by atoms with Gasteiger partial charge in [-0.2, -0.15) is 0 Å². The lowest BCUT2D eigenvalue weighted by Gasteiger charge is -2.23. The van der Waals surface area contributed by atoms with E-state index >= 15 is 0 Å². The van der Waals surface area contributed by atoms with Gasteiger partial charge in [-0.15, -0.1) is 0 Å². The van der Waals surface area contributed by atoms with E-state index in [0.717, 1.165) is 19.6 Å². The number of ether oxygens (including phenoxy) is 1. The molecule has 0 amide bonds. The van der Waals surface area contributed by atoms with Crippen LogP contribution in [0.4, 0.5) is 0 Å². The number of aliphatic hydroxyl groups is 1. The van der Waals surface area contributed by atoms with Gasteiger partial charge in [-0.25, -0.2) is 0 Å². The lowest BCUT2D eigenvalue weighted by molar-refractivity contribution is -0.0317. The highest BCUT2D eigenvalue weighted by atomic mass is 16.5. The topological polar surface area (TPSA) is 41.5 Å². The molecule has 0 heterocycles. The first-order valence-corrected chi connectivity index (χ1v) is 4.63. The number of rotatable bonds is 7. The molecular formula is C9H21NO2. The van der Waals surface area contributed by atoms with Crippen LogP contribution in [-0.2, 0) is 4.74 Å². The van der Waals surface area contributed by atoms with Crippen LogP contribution in [-0.4, -0.2) is 37.0 Å². The fraction of sp³-hybridized carbons (Fsp3) is 1.00. The molecule has 0 aromatic carbocycles. The van der Waals surface area contributed by atoms with E-state index in [2.05, 4.69) is 12.2 Å². The second-order valence-electron chi connectivity index (χ2n) is 3.33. The summed E-state index contributed by atoms with van der Waals surface area (Å²) in [7, 11) is 0. The van der Waals surface area contributed by atoms with Crippen molar-refractivity contribution in [1.29, 1.82) is 0 Å². The highest BCUT2D eigenvalue weighted by Crippen LogP contribution is 2.01. The van der Waals surface area contributed by atoms with Crippen molar-refractivity contribution in [2.45, 2.75) is 32.8 Å². The van der Waals surface area contributed by atoms with Gasteiger partial charge in [0.05, 0.1) is 12.2 Å². The third-order valence-corrected chi connectivity index (χ3v) is 1.52. The molecule has 0 aliphatic carbocycles. The third-order valence-electron chi connectivity index (χ3n) is 1.52. The summed E-state index contributed by atoms with van der Waals surface area (Å²) in [5, 5.41) is 12.8. The van der Waals surface area contributed by atoms with E-state index in [-0.39, 0.29) is 0 Å². The van der Waals surface area contributed by atoms with E-state index < -0.39 is 5.60 Å². The zero-order chi connectivity index (χ0) is 9.45. The Balaban J connectivity index is 3.42. The van der Waals surface area contributed by atoms with Crippen molar-refractivity contribution in [1.82, 2.24) is 5.32 Å². The van der Waals surface area contributed by atoms with Crippen LogP contribution in [0.5, 0.6) is 0 Å². The smallest absolute Gasteiger partial charge is 0.0975 e. The van der Waals surface area contributed by atoms with Crippen molar-refractivity contribution in [3.05, 3.63) is 0 Å². The lowest BCUT2D eigenvalue weighted by Crippen LogP contribution is -2.41. The minimum atomic E-state index is -0.731. The average molecular weight is 175 g/mol. The monoisotopic (exact) mass is 175 g/mol. The maximum absolute atomic E-state index is 9.68. The molecule has 3 nitrogen and oxygen atoms in total. The predicted molar refractivity (Wildman–Crippen MR) is 50.3 cm³/mol. The summed E-state index contributed by atoms with van der Waals surface area (Å²) in [6, 6.07) is 0. The molecule has 0 saturated heterocycles. The van der Waals surface area contributed by atoms with Crippen molar-refractivity contribution in [3.63, 3.8) is 0 Å². The molecule has 0 aromatic rings. The van der Waals surface area contributed by atoms with Gasteiger partial charge in [-0.3, -0.25) is 0 Å². The number of hydrogen-bond donors (Lipinski definition) is 2. The average Bonchev–Trinajstić information content (AvgIpc) is 2.01. The molecule has 0 spiro atoms. The van der Waals surface area contributed by atoms with Gasteiger partial charge >= 0.3 is 0 Å². The summed E-state index contributed by atoms with van der Waals surface area (Å²) < 4.78 is 5.25. The molecule has 0 bridgehead atoms. The standard InChI is InChI=1S/C9H21NO2/c1-4-6-12-8-9(3,11)7-10-5-2/h10-11H,4-8H2,1-3H3. The zero-order valence-corrected chi connectivity index (χ0v) is 8.39. The minimum absolute atomic E-state index is 0.411. The lowest BCUT2D eigenvalue weighted by atomic mass is 10.1. The summed E-state index contributed by atoms with van der Waals surface area (Å²) in [6.45, 7) is 8.46. The van der Waals surface area contributed by atoms with E-state index in [1.807, 2.05) is 6.92 Å². The normalized spacial score (nSPS) is 16.0. The Bertz CT molecular complexity index is 105. The van der Waals surface area contributed by atoms with Gasteiger partial charge < -0.3 is 15.2 Å². The molecule has 2 N–H and O–H groups in total. The molecule has 0 aliphatic heterocycles. The molecule has 3 heteroatoms. The maximum atomic E-state index is 9.68. The van der Waals surface area contributed by atoms with Crippen LogP contribution in [0.15, 0.2) is 0 Å². The van der Waals surface area contributed by atoms with E-state index in [0.29, 0.717) is 13.2 Å². The first-order valence-electron chi connectivity index (χ1n) is 4.63. The van der Waals surface area contributed by atoms with Crippen LogP contribution in [0.25, 0.3) is 0 Å². The fourth-order valence-corrected chi connectivity index (χ4v) is 0.882. The van der Waals surface area contributed by atoms with E-state index in [4.69, 9.17) is 4.74 Å². The number of likely N-dealkylation sites (N-methyl/N-ethyl adjacent to an activating group) is 1. The van der Waals surface area contributed by atoms with Crippen LogP contribution in [0.2, 0.25) is 0 Å². The second kappa shape index (κ2) is 6.40. The molecule has 0 aromatic heterocycles. The Kier molecular flexibility index (Phi) is 6.34. The van der Waals surface area contributed by atoms with Crippen LogP contribution in [0.1, 0.15) is 27.2 Å². The maximum Gasteiger partial charge on any atom is 0.0975 e. The molecule has 1 atom stereocenters. The Morgan fingerprint density at radius 2 is 2.08 bits per heavy atom. The molecule has 74 valence electrons. The molecular weight excluding hydrogens is 154 g/mol. The van der Waals surface area contributed by atoms with E-state index in [1.54, 1.807) is 6.92 Å². The van der Waals surface area contributed by atoms with Gasteiger partial charge in [0.2, 0.25) is 0 Å². The van der Waals surface area contributed by atoms with Gasteiger partial charge in [0.15, 0.2) is 0 Å². The number of nitrogens with one attached hydrogen (secondary N) is 1. The SMILES string of the molecule is CCCOCC(C)(O)CNCC. The summed E-state index contributed by atoms with van der Waals surface area (Å²) in [5.74, 6) is 0. The summed E-state index contributed by atoms with van der Waals surface area (Å²) in [6.07, 6.45) is 0.997.